The van der Waals surface area contributed by atoms with E-state index in [1.165, 1.54) is 6.07 Å². The second kappa shape index (κ2) is 7.47. The van der Waals surface area contributed by atoms with Crippen LogP contribution >= 0.6 is 0 Å². The molecule has 1 heterocycles. The number of carbonyl (C=O) groups excluding carboxylic acids is 1. The SMILES string of the molecule is O=C(CN1CCCCCC1CO)Nc1c(F)cccc1F. The van der Waals surface area contributed by atoms with Crippen molar-refractivity contribution in [3.8, 4) is 0 Å². The van der Waals surface area contributed by atoms with E-state index in [9.17, 15) is 18.7 Å². The molecule has 1 aliphatic heterocycles. The smallest absolute Gasteiger partial charge is 0.238 e. The molecule has 0 saturated carbocycles. The van der Waals surface area contributed by atoms with Crippen LogP contribution in [0.4, 0.5) is 14.5 Å². The fourth-order valence-electron chi connectivity index (χ4n) is 2.63. The highest BCUT2D eigenvalue weighted by atomic mass is 19.1. The lowest BCUT2D eigenvalue weighted by molar-refractivity contribution is -0.118. The van der Waals surface area contributed by atoms with Gasteiger partial charge in [0.2, 0.25) is 5.91 Å². The summed E-state index contributed by atoms with van der Waals surface area (Å²) in [6.45, 7) is 0.721. The van der Waals surface area contributed by atoms with Gasteiger partial charge in [-0.3, -0.25) is 9.69 Å². The molecule has 116 valence electrons. The molecule has 21 heavy (non-hydrogen) atoms. The molecule has 0 aliphatic carbocycles. The molecule has 1 atom stereocenters. The third-order valence-corrected chi connectivity index (χ3v) is 3.78. The summed E-state index contributed by atoms with van der Waals surface area (Å²) in [5.74, 6) is -2.06. The molecule has 1 fully saturated rings. The van der Waals surface area contributed by atoms with Crippen molar-refractivity contribution in [1.82, 2.24) is 4.90 Å². The van der Waals surface area contributed by atoms with Crippen molar-refractivity contribution < 1.29 is 18.7 Å². The number of carbonyl (C=O) groups is 1. The molecule has 0 spiro atoms. The number of nitrogens with zero attached hydrogens (tertiary/aromatic N) is 1. The zero-order valence-electron chi connectivity index (χ0n) is 11.8. The van der Waals surface area contributed by atoms with Gasteiger partial charge < -0.3 is 10.4 Å². The highest BCUT2D eigenvalue weighted by Crippen LogP contribution is 2.19. The third kappa shape index (κ3) is 4.22. The quantitative estimate of drug-likeness (QED) is 0.895. The lowest BCUT2D eigenvalue weighted by Gasteiger charge is -2.27. The first-order valence-electron chi connectivity index (χ1n) is 7.20. The summed E-state index contributed by atoms with van der Waals surface area (Å²) in [6.07, 6.45) is 3.87. The Hall–Kier alpha value is -1.53. The van der Waals surface area contributed by atoms with Gasteiger partial charge in [0.25, 0.3) is 0 Å². The fourth-order valence-corrected chi connectivity index (χ4v) is 2.63. The van der Waals surface area contributed by atoms with Gasteiger partial charge in [-0.05, 0) is 31.5 Å². The van der Waals surface area contributed by atoms with E-state index in [-0.39, 0.29) is 19.2 Å². The van der Waals surface area contributed by atoms with Gasteiger partial charge >= 0.3 is 0 Å². The van der Waals surface area contributed by atoms with Crippen LogP contribution in [-0.4, -0.2) is 41.7 Å². The van der Waals surface area contributed by atoms with E-state index in [0.717, 1.165) is 37.8 Å². The molecular formula is C15H20F2N2O2. The molecule has 0 radical (unpaired) electrons. The maximum atomic E-state index is 13.5. The Bertz CT molecular complexity index is 476. The number of hydrogen-bond donors (Lipinski definition) is 2. The van der Waals surface area contributed by atoms with Crippen molar-refractivity contribution in [2.45, 2.75) is 31.7 Å². The van der Waals surface area contributed by atoms with Crippen LogP contribution in [0.1, 0.15) is 25.7 Å². The summed E-state index contributed by atoms with van der Waals surface area (Å²) < 4.78 is 27.0. The van der Waals surface area contributed by atoms with Crippen molar-refractivity contribution in [2.24, 2.45) is 0 Å². The lowest BCUT2D eigenvalue weighted by atomic mass is 10.1. The van der Waals surface area contributed by atoms with E-state index < -0.39 is 23.2 Å². The number of nitrogens with one attached hydrogen (secondary N) is 1. The van der Waals surface area contributed by atoms with E-state index in [2.05, 4.69) is 5.32 Å². The van der Waals surface area contributed by atoms with Crippen molar-refractivity contribution in [1.29, 1.82) is 0 Å². The van der Waals surface area contributed by atoms with Crippen molar-refractivity contribution in [3.63, 3.8) is 0 Å². The van der Waals surface area contributed by atoms with Crippen molar-refractivity contribution >= 4 is 11.6 Å². The summed E-state index contributed by atoms with van der Waals surface area (Å²) in [5, 5.41) is 11.7. The van der Waals surface area contributed by atoms with E-state index in [4.69, 9.17) is 0 Å². The summed E-state index contributed by atoms with van der Waals surface area (Å²) in [4.78, 5) is 13.9. The standard InChI is InChI=1S/C15H20F2N2O2/c16-12-6-4-7-13(17)15(12)18-14(21)9-19-8-3-1-2-5-11(19)10-20/h4,6-7,11,20H,1-3,5,8-10H2,(H,18,21). The number of anilines is 1. The number of likely N-dealkylation sites (tertiary alicyclic amines) is 1. The monoisotopic (exact) mass is 298 g/mol. The summed E-state index contributed by atoms with van der Waals surface area (Å²) in [7, 11) is 0. The summed E-state index contributed by atoms with van der Waals surface area (Å²) in [6, 6.07) is 3.38. The minimum Gasteiger partial charge on any atom is -0.395 e. The molecule has 1 aliphatic rings. The van der Waals surface area contributed by atoms with Crippen LogP contribution in [0.5, 0.6) is 0 Å². The van der Waals surface area contributed by atoms with E-state index in [1.54, 1.807) is 0 Å². The average molecular weight is 298 g/mol. The third-order valence-electron chi connectivity index (χ3n) is 3.78. The predicted molar refractivity (Wildman–Crippen MR) is 75.9 cm³/mol. The van der Waals surface area contributed by atoms with Gasteiger partial charge in [0.05, 0.1) is 13.2 Å². The van der Waals surface area contributed by atoms with Crippen molar-refractivity contribution in [3.05, 3.63) is 29.8 Å². The largest absolute Gasteiger partial charge is 0.395 e. The topological polar surface area (TPSA) is 52.6 Å². The molecule has 1 amide bonds. The zero-order chi connectivity index (χ0) is 15.2. The Balaban J connectivity index is 2.00. The Labute approximate surface area is 122 Å². The minimum absolute atomic E-state index is 0.0126. The molecule has 0 aromatic heterocycles. The van der Waals surface area contributed by atoms with Crippen LogP contribution in [0.25, 0.3) is 0 Å². The lowest BCUT2D eigenvalue weighted by Crippen LogP contribution is -2.42. The molecule has 1 unspecified atom stereocenters. The Morgan fingerprint density at radius 3 is 2.67 bits per heavy atom. The summed E-state index contributed by atoms with van der Waals surface area (Å²) in [5.41, 5.74) is -0.419. The number of rotatable bonds is 4. The molecule has 1 aromatic rings. The predicted octanol–water partition coefficient (Wildman–Crippen LogP) is 2.14. The first kappa shape index (κ1) is 15.9. The van der Waals surface area contributed by atoms with Crippen LogP contribution in [0.3, 0.4) is 0 Å². The Morgan fingerprint density at radius 1 is 1.29 bits per heavy atom. The highest BCUT2D eigenvalue weighted by molar-refractivity contribution is 5.92. The zero-order valence-corrected chi connectivity index (χ0v) is 11.8. The molecule has 1 saturated heterocycles. The van der Waals surface area contributed by atoms with Crippen LogP contribution in [-0.2, 0) is 4.79 Å². The first-order valence-corrected chi connectivity index (χ1v) is 7.20. The van der Waals surface area contributed by atoms with Crippen LogP contribution in [0.15, 0.2) is 18.2 Å². The maximum Gasteiger partial charge on any atom is 0.238 e. The molecule has 4 nitrogen and oxygen atoms in total. The van der Waals surface area contributed by atoms with Crippen LogP contribution in [0, 0.1) is 11.6 Å². The highest BCUT2D eigenvalue weighted by Gasteiger charge is 2.23. The molecule has 1 aromatic carbocycles. The van der Waals surface area contributed by atoms with Gasteiger partial charge in [-0.1, -0.05) is 18.9 Å². The summed E-state index contributed by atoms with van der Waals surface area (Å²) >= 11 is 0. The van der Waals surface area contributed by atoms with Gasteiger partial charge in [-0.2, -0.15) is 0 Å². The first-order chi connectivity index (χ1) is 10.1. The van der Waals surface area contributed by atoms with Gasteiger partial charge in [0.15, 0.2) is 0 Å². The van der Waals surface area contributed by atoms with Crippen LogP contribution in [0.2, 0.25) is 0 Å². The Kier molecular flexibility index (Phi) is 5.64. The van der Waals surface area contributed by atoms with E-state index in [0.29, 0.717) is 6.54 Å². The number of para-hydroxylation sites is 1. The van der Waals surface area contributed by atoms with Gasteiger partial charge in [-0.25, -0.2) is 8.78 Å². The molecule has 2 N–H and O–H groups in total. The average Bonchev–Trinajstić information content (AvgIpc) is 2.68. The maximum absolute atomic E-state index is 13.5. The fraction of sp³-hybridized carbons (Fsp3) is 0.533. The number of aliphatic hydroxyl groups excluding tert-OH is 1. The van der Waals surface area contributed by atoms with Crippen molar-refractivity contribution in [2.75, 3.05) is 25.0 Å². The number of halogens is 2. The molecule has 6 heteroatoms. The second-order valence-electron chi connectivity index (χ2n) is 5.30. The van der Waals surface area contributed by atoms with E-state index >= 15 is 0 Å². The number of benzene rings is 1. The van der Waals surface area contributed by atoms with Gasteiger partial charge in [-0.15, -0.1) is 0 Å². The molecule has 2 rings (SSSR count). The number of hydrogen-bond acceptors (Lipinski definition) is 3. The Morgan fingerprint density at radius 2 is 2.00 bits per heavy atom. The van der Waals surface area contributed by atoms with Gasteiger partial charge in [0.1, 0.15) is 17.3 Å². The van der Waals surface area contributed by atoms with Crippen LogP contribution < -0.4 is 5.32 Å². The second-order valence-corrected chi connectivity index (χ2v) is 5.30. The molecule has 0 bridgehead atoms. The molecular weight excluding hydrogens is 278 g/mol. The minimum atomic E-state index is -0.794. The van der Waals surface area contributed by atoms with E-state index in [1.807, 2.05) is 4.90 Å². The number of amides is 1. The van der Waals surface area contributed by atoms with Gasteiger partial charge in [0, 0.05) is 6.04 Å². The normalized spacial score (nSPS) is 20.0. The number of aliphatic hydroxyl groups is 1.